The summed E-state index contributed by atoms with van der Waals surface area (Å²) in [6, 6.07) is 4.11. The summed E-state index contributed by atoms with van der Waals surface area (Å²) in [5.74, 6) is 7.65. The Morgan fingerprint density at radius 3 is 3.00 bits per heavy atom. The van der Waals surface area contributed by atoms with Crippen molar-refractivity contribution in [3.8, 4) is 23.3 Å². The largest absolute Gasteiger partial charge is 0.496 e. The van der Waals surface area contributed by atoms with Crippen molar-refractivity contribution >= 4 is 0 Å². The van der Waals surface area contributed by atoms with E-state index in [0.29, 0.717) is 13.1 Å². The van der Waals surface area contributed by atoms with Crippen molar-refractivity contribution in [2.45, 2.75) is 32.4 Å². The lowest BCUT2D eigenvalue weighted by Crippen LogP contribution is -2.29. The molecule has 1 aliphatic rings. The highest BCUT2D eigenvalue weighted by atomic mass is 16.5. The molecule has 0 aliphatic carbocycles. The van der Waals surface area contributed by atoms with Gasteiger partial charge in [0.15, 0.2) is 0 Å². The lowest BCUT2D eigenvalue weighted by atomic mass is 10.0. The van der Waals surface area contributed by atoms with E-state index in [2.05, 4.69) is 30.1 Å². The number of nitrogens with two attached hydrogens (primary N) is 1. The molecule has 0 spiro atoms. The molecule has 0 saturated carbocycles. The molecule has 1 aromatic rings. The van der Waals surface area contributed by atoms with E-state index in [1.807, 2.05) is 13.0 Å². The Labute approximate surface area is 120 Å². The molecule has 4 nitrogen and oxygen atoms in total. The van der Waals surface area contributed by atoms with Gasteiger partial charge in [0.2, 0.25) is 0 Å². The molecule has 0 aromatic heterocycles. The van der Waals surface area contributed by atoms with Gasteiger partial charge in [0.05, 0.1) is 13.7 Å². The third kappa shape index (κ3) is 3.06. The first kappa shape index (κ1) is 14.7. The molecule has 0 saturated heterocycles. The van der Waals surface area contributed by atoms with Crippen LogP contribution in [0.4, 0.5) is 0 Å². The molecule has 108 valence electrons. The zero-order valence-electron chi connectivity index (χ0n) is 12.3. The molecule has 0 amide bonds. The van der Waals surface area contributed by atoms with Crippen LogP contribution in [0.25, 0.3) is 0 Å². The fraction of sp³-hybridized carbons (Fsp3) is 0.500. The Hall–Kier alpha value is -1.70. The van der Waals surface area contributed by atoms with Gasteiger partial charge in [-0.25, -0.2) is 0 Å². The van der Waals surface area contributed by atoms with Gasteiger partial charge in [-0.15, -0.1) is 5.92 Å². The highest BCUT2D eigenvalue weighted by Gasteiger charge is 2.24. The van der Waals surface area contributed by atoms with E-state index < -0.39 is 0 Å². The number of hydrogen-bond donors (Lipinski definition) is 2. The standard InChI is InChI=1S/C16H22N2O2/c1-4-5-6-18-14(10-17)13-9-15-12(7-11(2)20-15)8-16(13)19-3/h8-9,11,14,18H,6-7,10,17H2,1-3H3. The van der Waals surface area contributed by atoms with E-state index in [9.17, 15) is 0 Å². The fourth-order valence-electron chi connectivity index (χ4n) is 2.49. The van der Waals surface area contributed by atoms with Crippen molar-refractivity contribution in [3.05, 3.63) is 23.3 Å². The minimum absolute atomic E-state index is 0.00982. The van der Waals surface area contributed by atoms with Gasteiger partial charge in [-0.05, 0) is 26.0 Å². The van der Waals surface area contributed by atoms with Gasteiger partial charge in [-0.2, -0.15) is 0 Å². The van der Waals surface area contributed by atoms with Crippen molar-refractivity contribution in [1.29, 1.82) is 0 Å². The molecule has 1 aromatic carbocycles. The maximum atomic E-state index is 5.88. The number of methoxy groups -OCH3 is 1. The Kier molecular flexibility index (Phi) is 4.89. The number of benzene rings is 1. The molecular formula is C16H22N2O2. The van der Waals surface area contributed by atoms with E-state index >= 15 is 0 Å². The Bertz CT molecular complexity index is 531. The first-order chi connectivity index (χ1) is 9.69. The summed E-state index contributed by atoms with van der Waals surface area (Å²) in [4.78, 5) is 0. The molecule has 2 atom stereocenters. The van der Waals surface area contributed by atoms with Crippen LogP contribution in [0.15, 0.2) is 12.1 Å². The van der Waals surface area contributed by atoms with Gasteiger partial charge >= 0.3 is 0 Å². The summed E-state index contributed by atoms with van der Waals surface area (Å²) in [5.41, 5.74) is 8.10. The van der Waals surface area contributed by atoms with Crippen LogP contribution < -0.4 is 20.5 Å². The second kappa shape index (κ2) is 6.65. The lowest BCUT2D eigenvalue weighted by Gasteiger charge is -2.19. The smallest absolute Gasteiger partial charge is 0.124 e. The van der Waals surface area contributed by atoms with E-state index in [1.165, 1.54) is 5.56 Å². The number of nitrogens with one attached hydrogen (secondary N) is 1. The molecule has 1 heterocycles. The molecule has 0 bridgehead atoms. The van der Waals surface area contributed by atoms with Gasteiger partial charge in [0.1, 0.15) is 17.6 Å². The maximum absolute atomic E-state index is 5.88. The molecule has 0 radical (unpaired) electrons. The second-order valence-electron chi connectivity index (χ2n) is 4.93. The predicted octanol–water partition coefficient (Wildman–Crippen LogP) is 1.63. The van der Waals surface area contributed by atoms with Crippen molar-refractivity contribution in [2.24, 2.45) is 5.73 Å². The van der Waals surface area contributed by atoms with Crippen molar-refractivity contribution in [1.82, 2.24) is 5.32 Å². The minimum Gasteiger partial charge on any atom is -0.496 e. The average molecular weight is 274 g/mol. The van der Waals surface area contributed by atoms with Crippen LogP contribution in [0, 0.1) is 11.8 Å². The van der Waals surface area contributed by atoms with Crippen LogP contribution in [0.3, 0.4) is 0 Å². The Balaban J connectivity index is 2.28. The molecule has 20 heavy (non-hydrogen) atoms. The van der Waals surface area contributed by atoms with E-state index in [0.717, 1.165) is 23.5 Å². The zero-order chi connectivity index (χ0) is 14.5. The van der Waals surface area contributed by atoms with Crippen molar-refractivity contribution in [2.75, 3.05) is 20.2 Å². The third-order valence-corrected chi connectivity index (χ3v) is 3.47. The summed E-state index contributed by atoms with van der Waals surface area (Å²) < 4.78 is 11.3. The topological polar surface area (TPSA) is 56.5 Å². The first-order valence-electron chi connectivity index (χ1n) is 6.90. The summed E-state index contributed by atoms with van der Waals surface area (Å²) in [7, 11) is 1.68. The number of rotatable bonds is 5. The summed E-state index contributed by atoms with van der Waals surface area (Å²) in [6.45, 7) is 4.98. The van der Waals surface area contributed by atoms with Gasteiger partial charge in [-0.1, -0.05) is 5.92 Å². The number of ether oxygens (including phenoxy) is 2. The highest BCUT2D eigenvalue weighted by Crippen LogP contribution is 2.37. The summed E-state index contributed by atoms with van der Waals surface area (Å²) >= 11 is 0. The predicted molar refractivity (Wildman–Crippen MR) is 80.0 cm³/mol. The van der Waals surface area contributed by atoms with Crippen LogP contribution in [-0.2, 0) is 6.42 Å². The molecule has 4 heteroatoms. The van der Waals surface area contributed by atoms with E-state index in [1.54, 1.807) is 7.11 Å². The van der Waals surface area contributed by atoms with E-state index in [-0.39, 0.29) is 12.1 Å². The van der Waals surface area contributed by atoms with Crippen molar-refractivity contribution in [3.63, 3.8) is 0 Å². The quantitative estimate of drug-likeness (QED) is 0.801. The summed E-state index contributed by atoms with van der Waals surface area (Å²) in [6.07, 6.45) is 1.15. The maximum Gasteiger partial charge on any atom is 0.124 e. The Morgan fingerprint density at radius 2 is 2.35 bits per heavy atom. The second-order valence-corrected chi connectivity index (χ2v) is 4.93. The van der Waals surface area contributed by atoms with E-state index in [4.69, 9.17) is 15.2 Å². The Morgan fingerprint density at radius 1 is 1.55 bits per heavy atom. The zero-order valence-corrected chi connectivity index (χ0v) is 12.3. The molecule has 0 fully saturated rings. The van der Waals surface area contributed by atoms with Gasteiger partial charge < -0.3 is 15.2 Å². The third-order valence-electron chi connectivity index (χ3n) is 3.47. The molecule has 3 N–H and O–H groups in total. The highest BCUT2D eigenvalue weighted by molar-refractivity contribution is 5.50. The monoisotopic (exact) mass is 274 g/mol. The molecule has 2 rings (SSSR count). The fourth-order valence-corrected chi connectivity index (χ4v) is 2.49. The van der Waals surface area contributed by atoms with Crippen molar-refractivity contribution < 1.29 is 9.47 Å². The molecule has 2 unspecified atom stereocenters. The normalized spacial score (nSPS) is 17.7. The minimum atomic E-state index is 0.00982. The number of fused-ring (bicyclic) bond motifs is 1. The van der Waals surface area contributed by atoms with Crippen LogP contribution in [0.1, 0.15) is 31.0 Å². The summed E-state index contributed by atoms with van der Waals surface area (Å²) in [5, 5.41) is 3.33. The average Bonchev–Trinajstić information content (AvgIpc) is 2.81. The molecular weight excluding hydrogens is 252 g/mol. The SMILES string of the molecule is CC#CCNC(CN)c1cc2c(cc1OC)CC(C)O2. The van der Waals surface area contributed by atoms with Crippen LogP contribution in [0.2, 0.25) is 0 Å². The van der Waals surface area contributed by atoms with Gasteiger partial charge in [0, 0.05) is 30.1 Å². The first-order valence-corrected chi connectivity index (χ1v) is 6.90. The van der Waals surface area contributed by atoms with Gasteiger partial charge in [0.25, 0.3) is 0 Å². The van der Waals surface area contributed by atoms with Crippen LogP contribution in [-0.4, -0.2) is 26.3 Å². The van der Waals surface area contributed by atoms with Crippen LogP contribution >= 0.6 is 0 Å². The van der Waals surface area contributed by atoms with Crippen LogP contribution in [0.5, 0.6) is 11.5 Å². The molecule has 1 aliphatic heterocycles. The lowest BCUT2D eigenvalue weighted by molar-refractivity contribution is 0.254. The van der Waals surface area contributed by atoms with Gasteiger partial charge in [-0.3, -0.25) is 5.32 Å². The number of hydrogen-bond acceptors (Lipinski definition) is 4.